The molecule has 0 bridgehead atoms. The van der Waals surface area contributed by atoms with E-state index in [0.29, 0.717) is 33.9 Å². The van der Waals surface area contributed by atoms with Crippen molar-refractivity contribution in [1.82, 2.24) is 10.6 Å². The highest BCUT2D eigenvalue weighted by molar-refractivity contribution is 5.95. The Hall–Kier alpha value is -4.11. The molecule has 0 radical (unpaired) electrons. The summed E-state index contributed by atoms with van der Waals surface area (Å²) < 4.78 is 24.1. The van der Waals surface area contributed by atoms with Gasteiger partial charge >= 0.3 is 6.03 Å². The van der Waals surface area contributed by atoms with Gasteiger partial charge in [0.15, 0.2) is 0 Å². The molecule has 0 saturated carbocycles. The summed E-state index contributed by atoms with van der Waals surface area (Å²) in [6, 6.07) is 16.9. The first-order chi connectivity index (χ1) is 16.4. The Labute approximate surface area is 196 Å². The summed E-state index contributed by atoms with van der Waals surface area (Å²) in [6.07, 6.45) is -1.02. The normalized spacial score (nSPS) is 11.3. The van der Waals surface area contributed by atoms with Gasteiger partial charge in [0, 0.05) is 35.5 Å². The highest BCUT2D eigenvalue weighted by Crippen LogP contribution is 2.29. The van der Waals surface area contributed by atoms with Gasteiger partial charge in [0.2, 0.25) is 0 Å². The lowest BCUT2D eigenvalue weighted by Gasteiger charge is -2.17. The Kier molecular flexibility index (Phi) is 8.42. The first-order valence-electron chi connectivity index (χ1n) is 10.5. The van der Waals surface area contributed by atoms with Crippen molar-refractivity contribution in [3.8, 4) is 11.5 Å². The maximum atomic E-state index is 13.7. The third-order valence-electron chi connectivity index (χ3n) is 5.05. The quantitative estimate of drug-likeness (QED) is 0.384. The summed E-state index contributed by atoms with van der Waals surface area (Å²) in [5.41, 5.74) is 1.69. The number of amides is 3. The van der Waals surface area contributed by atoms with E-state index in [-0.39, 0.29) is 24.8 Å². The molecule has 1 atom stereocenters. The summed E-state index contributed by atoms with van der Waals surface area (Å²) >= 11 is 0. The van der Waals surface area contributed by atoms with Crippen molar-refractivity contribution in [1.29, 1.82) is 0 Å². The molecule has 0 aliphatic heterocycles. The highest BCUT2D eigenvalue weighted by Gasteiger charge is 2.16. The first-order valence-corrected chi connectivity index (χ1v) is 10.5. The minimum Gasteiger partial charge on any atom is -0.497 e. The summed E-state index contributed by atoms with van der Waals surface area (Å²) in [6.45, 7) is 0.000209. The van der Waals surface area contributed by atoms with E-state index < -0.39 is 12.1 Å². The summed E-state index contributed by atoms with van der Waals surface area (Å²) in [7, 11) is 3.00. The van der Waals surface area contributed by atoms with Crippen LogP contribution in [0.4, 0.5) is 14.9 Å². The van der Waals surface area contributed by atoms with Crippen molar-refractivity contribution in [2.45, 2.75) is 12.6 Å². The summed E-state index contributed by atoms with van der Waals surface area (Å²) in [4.78, 5) is 24.5. The number of carbonyl (C=O) groups excluding carboxylic acids is 2. The largest absolute Gasteiger partial charge is 0.497 e. The second kappa shape index (κ2) is 11.7. The number of benzene rings is 3. The molecule has 3 amide bonds. The molecule has 9 heteroatoms. The molecule has 0 spiro atoms. The lowest BCUT2D eigenvalue weighted by Crippen LogP contribution is -2.32. The van der Waals surface area contributed by atoms with Crippen LogP contribution in [0.5, 0.6) is 11.5 Å². The van der Waals surface area contributed by atoms with Crippen LogP contribution in [0, 0.1) is 5.82 Å². The number of ether oxygens (including phenoxy) is 2. The minimum absolute atomic E-state index is 0.0636. The molecule has 0 aliphatic rings. The van der Waals surface area contributed by atoms with Gasteiger partial charge in [0.1, 0.15) is 23.4 Å². The fourth-order valence-corrected chi connectivity index (χ4v) is 3.20. The van der Waals surface area contributed by atoms with Gasteiger partial charge in [0.25, 0.3) is 5.91 Å². The van der Waals surface area contributed by atoms with Gasteiger partial charge in [-0.05, 0) is 48.5 Å². The fraction of sp³-hybridized carbons (Fsp3) is 0.200. The molecule has 3 rings (SSSR count). The molecule has 0 aliphatic carbocycles. The number of aliphatic hydroxyl groups is 1. The van der Waals surface area contributed by atoms with Crippen molar-refractivity contribution in [3.63, 3.8) is 0 Å². The van der Waals surface area contributed by atoms with Crippen molar-refractivity contribution in [3.05, 3.63) is 89.2 Å². The van der Waals surface area contributed by atoms with Gasteiger partial charge in [-0.3, -0.25) is 4.79 Å². The van der Waals surface area contributed by atoms with Crippen LogP contribution in [-0.4, -0.2) is 37.8 Å². The van der Waals surface area contributed by atoms with E-state index in [1.807, 2.05) is 0 Å². The molecule has 0 fully saturated rings. The zero-order valence-corrected chi connectivity index (χ0v) is 18.8. The molecule has 34 heavy (non-hydrogen) atoms. The van der Waals surface area contributed by atoms with Gasteiger partial charge < -0.3 is 30.5 Å². The predicted octanol–water partition coefficient (Wildman–Crippen LogP) is 3.63. The minimum atomic E-state index is -1.02. The molecule has 4 N–H and O–H groups in total. The van der Waals surface area contributed by atoms with Crippen LogP contribution in [0.15, 0.2) is 66.7 Å². The number of carbonyl (C=O) groups is 2. The monoisotopic (exact) mass is 467 g/mol. The van der Waals surface area contributed by atoms with E-state index in [9.17, 15) is 19.1 Å². The van der Waals surface area contributed by atoms with E-state index in [1.165, 1.54) is 20.3 Å². The number of nitrogens with one attached hydrogen (secondary N) is 3. The number of methoxy groups -OCH3 is 2. The number of rotatable bonds is 9. The van der Waals surface area contributed by atoms with Crippen molar-refractivity contribution >= 4 is 17.6 Å². The third-order valence-corrected chi connectivity index (χ3v) is 5.05. The van der Waals surface area contributed by atoms with Crippen LogP contribution in [0.3, 0.4) is 0 Å². The molecule has 0 heterocycles. The Bertz CT molecular complexity index is 1140. The summed E-state index contributed by atoms with van der Waals surface area (Å²) in [5.74, 6) is 0.273. The first kappa shape index (κ1) is 24.5. The van der Waals surface area contributed by atoms with Crippen molar-refractivity contribution in [2.24, 2.45) is 0 Å². The summed E-state index contributed by atoms with van der Waals surface area (Å²) in [5, 5.41) is 18.3. The van der Waals surface area contributed by atoms with Crippen molar-refractivity contribution < 1.29 is 28.6 Å². The van der Waals surface area contributed by atoms with Crippen LogP contribution >= 0.6 is 0 Å². The number of halogens is 1. The van der Waals surface area contributed by atoms with E-state index in [0.717, 1.165) is 0 Å². The Morgan fingerprint density at radius 3 is 2.38 bits per heavy atom. The van der Waals surface area contributed by atoms with Crippen molar-refractivity contribution in [2.75, 3.05) is 26.1 Å². The lowest BCUT2D eigenvalue weighted by molar-refractivity contribution is 0.0950. The third kappa shape index (κ3) is 6.46. The molecule has 178 valence electrons. The molecule has 3 aromatic carbocycles. The van der Waals surface area contributed by atoms with Gasteiger partial charge in [-0.15, -0.1) is 0 Å². The molecule has 1 unspecified atom stereocenters. The number of hydrogen-bond donors (Lipinski definition) is 4. The zero-order valence-electron chi connectivity index (χ0n) is 18.8. The van der Waals surface area contributed by atoms with E-state index >= 15 is 0 Å². The maximum Gasteiger partial charge on any atom is 0.319 e. The molecule has 8 nitrogen and oxygen atoms in total. The average molecular weight is 467 g/mol. The second-order valence-electron chi connectivity index (χ2n) is 7.31. The van der Waals surface area contributed by atoms with E-state index in [2.05, 4.69) is 16.0 Å². The number of urea groups is 1. The molecular weight excluding hydrogens is 441 g/mol. The van der Waals surface area contributed by atoms with Crippen LogP contribution in [0.25, 0.3) is 0 Å². The van der Waals surface area contributed by atoms with Crippen LogP contribution in [0.2, 0.25) is 0 Å². The van der Waals surface area contributed by atoms with Gasteiger partial charge in [-0.1, -0.05) is 18.2 Å². The van der Waals surface area contributed by atoms with Gasteiger partial charge in [-0.25, -0.2) is 9.18 Å². The molecule has 0 aromatic heterocycles. The molecular formula is C25H26FN3O5. The van der Waals surface area contributed by atoms with E-state index in [4.69, 9.17) is 9.47 Å². The highest BCUT2D eigenvalue weighted by atomic mass is 19.1. The Morgan fingerprint density at radius 2 is 1.71 bits per heavy atom. The topological polar surface area (TPSA) is 109 Å². The smallest absolute Gasteiger partial charge is 0.319 e. The predicted molar refractivity (Wildman–Crippen MR) is 126 cm³/mol. The number of aliphatic hydroxyl groups excluding tert-OH is 1. The van der Waals surface area contributed by atoms with Gasteiger partial charge in [0.05, 0.1) is 14.2 Å². The maximum absolute atomic E-state index is 13.7. The molecule has 0 saturated heterocycles. The van der Waals surface area contributed by atoms with E-state index in [1.54, 1.807) is 60.7 Å². The average Bonchev–Trinajstić information content (AvgIpc) is 2.86. The Morgan fingerprint density at radius 1 is 0.971 bits per heavy atom. The van der Waals surface area contributed by atoms with Crippen LogP contribution < -0.4 is 25.4 Å². The Balaban J connectivity index is 1.51. The zero-order chi connectivity index (χ0) is 24.5. The van der Waals surface area contributed by atoms with Crippen LogP contribution in [-0.2, 0) is 6.54 Å². The second-order valence-corrected chi connectivity index (χ2v) is 7.31. The SMILES string of the molecule is COc1ccc(OC)c(C(O)CNC(=O)Nc2ccc(C(=O)NCc3ccccc3F)cc2)c1. The van der Waals surface area contributed by atoms with Gasteiger partial charge in [-0.2, -0.15) is 0 Å². The standard InChI is InChI=1S/C25H26FN3O5/c1-33-19-11-12-23(34-2)20(13-19)22(30)15-28-25(32)29-18-9-7-16(8-10-18)24(31)27-14-17-5-3-4-6-21(17)26/h3-13,22,30H,14-15H2,1-2H3,(H,27,31)(H2,28,29,32). The number of anilines is 1. The number of hydrogen-bond acceptors (Lipinski definition) is 5. The lowest BCUT2D eigenvalue weighted by atomic mass is 10.1. The fourth-order valence-electron chi connectivity index (χ4n) is 3.20. The van der Waals surface area contributed by atoms with Crippen LogP contribution in [0.1, 0.15) is 27.6 Å². The molecule has 3 aromatic rings.